The summed E-state index contributed by atoms with van der Waals surface area (Å²) in [6, 6.07) is -0.625. The number of aliphatic carboxylic acids is 1. The van der Waals surface area contributed by atoms with E-state index in [1.165, 1.54) is 0 Å². The van der Waals surface area contributed by atoms with Crippen LogP contribution in [0.1, 0.15) is 39.0 Å². The molecule has 5 heteroatoms. The fourth-order valence-corrected chi connectivity index (χ4v) is 3.45. The van der Waals surface area contributed by atoms with Gasteiger partial charge in [0, 0.05) is 12.5 Å². The van der Waals surface area contributed by atoms with Crippen molar-refractivity contribution < 1.29 is 14.7 Å². The number of carbonyl (C=O) groups excluding carboxylic acids is 1. The summed E-state index contributed by atoms with van der Waals surface area (Å²) in [5, 5.41) is 9.27. The maximum Gasteiger partial charge on any atom is 0.326 e. The Balaban J connectivity index is 1.98. The largest absolute Gasteiger partial charge is 0.480 e. The zero-order chi connectivity index (χ0) is 14.0. The highest BCUT2D eigenvalue weighted by atomic mass is 16.4. The number of likely N-dealkylation sites (tertiary alicyclic amines) is 1. The molecule has 5 nitrogen and oxygen atoms in total. The molecule has 1 amide bonds. The van der Waals surface area contributed by atoms with E-state index in [0.29, 0.717) is 19.0 Å². The number of hydrogen-bond acceptors (Lipinski definition) is 3. The first-order chi connectivity index (χ1) is 9.04. The molecule has 2 rings (SSSR count). The van der Waals surface area contributed by atoms with Crippen LogP contribution in [0.15, 0.2) is 0 Å². The molecule has 108 valence electrons. The fraction of sp³-hybridized carbons (Fsp3) is 0.857. The van der Waals surface area contributed by atoms with Crippen molar-refractivity contribution in [3.05, 3.63) is 0 Å². The topological polar surface area (TPSA) is 83.6 Å². The van der Waals surface area contributed by atoms with Gasteiger partial charge in [-0.2, -0.15) is 0 Å². The quantitative estimate of drug-likeness (QED) is 0.802. The van der Waals surface area contributed by atoms with Crippen LogP contribution in [0, 0.1) is 17.8 Å². The average Bonchev–Trinajstić information content (AvgIpc) is 2.80. The van der Waals surface area contributed by atoms with E-state index in [1.807, 2.05) is 6.92 Å². The molecule has 19 heavy (non-hydrogen) atoms. The van der Waals surface area contributed by atoms with E-state index in [0.717, 1.165) is 32.1 Å². The summed E-state index contributed by atoms with van der Waals surface area (Å²) in [4.78, 5) is 25.4. The van der Waals surface area contributed by atoms with Crippen LogP contribution in [0.4, 0.5) is 0 Å². The van der Waals surface area contributed by atoms with Crippen molar-refractivity contribution in [2.24, 2.45) is 23.5 Å². The minimum atomic E-state index is -0.867. The summed E-state index contributed by atoms with van der Waals surface area (Å²) in [6.45, 7) is 3.20. The van der Waals surface area contributed by atoms with Gasteiger partial charge >= 0.3 is 5.97 Å². The Kier molecular flexibility index (Phi) is 4.45. The molecule has 1 heterocycles. The number of carboxylic acid groups (broad SMARTS) is 1. The van der Waals surface area contributed by atoms with E-state index in [1.54, 1.807) is 4.90 Å². The van der Waals surface area contributed by atoms with Crippen LogP contribution in [-0.2, 0) is 9.59 Å². The zero-order valence-electron chi connectivity index (χ0n) is 11.5. The molecule has 2 fully saturated rings. The van der Waals surface area contributed by atoms with Gasteiger partial charge in [0.15, 0.2) is 0 Å². The number of nitrogens with zero attached hydrogens (tertiary/aromatic N) is 1. The van der Waals surface area contributed by atoms with Crippen LogP contribution in [0.5, 0.6) is 0 Å². The van der Waals surface area contributed by atoms with Crippen molar-refractivity contribution >= 4 is 11.9 Å². The molecule has 0 bridgehead atoms. The Labute approximate surface area is 114 Å². The molecule has 1 aliphatic heterocycles. The van der Waals surface area contributed by atoms with Gasteiger partial charge in [0.2, 0.25) is 5.91 Å². The van der Waals surface area contributed by atoms with E-state index in [4.69, 9.17) is 5.73 Å². The first kappa shape index (κ1) is 14.3. The number of amides is 1. The van der Waals surface area contributed by atoms with Crippen LogP contribution in [-0.4, -0.2) is 41.0 Å². The highest BCUT2D eigenvalue weighted by molar-refractivity contribution is 5.86. The smallest absolute Gasteiger partial charge is 0.326 e. The molecular weight excluding hydrogens is 244 g/mol. The van der Waals surface area contributed by atoms with Crippen molar-refractivity contribution in [2.75, 3.05) is 13.1 Å². The molecule has 0 aromatic carbocycles. The van der Waals surface area contributed by atoms with Crippen LogP contribution < -0.4 is 5.73 Å². The molecule has 1 saturated heterocycles. The molecule has 2 unspecified atom stereocenters. The molecular formula is C14H24N2O3. The minimum absolute atomic E-state index is 0.00921. The maximum absolute atomic E-state index is 12.5. The number of carboxylic acids is 1. The molecule has 2 atom stereocenters. The molecule has 0 aromatic rings. The first-order valence-corrected chi connectivity index (χ1v) is 7.28. The van der Waals surface area contributed by atoms with Gasteiger partial charge in [0.1, 0.15) is 6.04 Å². The summed E-state index contributed by atoms with van der Waals surface area (Å²) < 4.78 is 0. The second-order valence-electron chi connectivity index (χ2n) is 6.03. The van der Waals surface area contributed by atoms with Crippen LogP contribution in [0.3, 0.4) is 0 Å². The van der Waals surface area contributed by atoms with Gasteiger partial charge in [-0.25, -0.2) is 4.79 Å². The Bertz CT molecular complexity index is 351. The Morgan fingerprint density at radius 1 is 1.21 bits per heavy atom. The lowest BCUT2D eigenvalue weighted by Crippen LogP contribution is -2.46. The van der Waals surface area contributed by atoms with E-state index in [2.05, 4.69) is 0 Å². The van der Waals surface area contributed by atoms with E-state index < -0.39 is 12.0 Å². The minimum Gasteiger partial charge on any atom is -0.480 e. The highest BCUT2D eigenvalue weighted by Crippen LogP contribution is 2.33. The molecule has 2 aliphatic rings. The van der Waals surface area contributed by atoms with Gasteiger partial charge in [-0.05, 0) is 50.5 Å². The summed E-state index contributed by atoms with van der Waals surface area (Å²) >= 11 is 0. The number of nitrogens with two attached hydrogens (primary N) is 1. The Morgan fingerprint density at radius 2 is 1.84 bits per heavy atom. The summed E-state index contributed by atoms with van der Waals surface area (Å²) in [7, 11) is 0. The van der Waals surface area contributed by atoms with Crippen molar-refractivity contribution in [3.63, 3.8) is 0 Å². The lowest BCUT2D eigenvalue weighted by atomic mass is 9.81. The normalized spacial score (nSPS) is 35.4. The Morgan fingerprint density at radius 3 is 2.37 bits per heavy atom. The first-order valence-electron chi connectivity index (χ1n) is 7.28. The predicted molar refractivity (Wildman–Crippen MR) is 71.4 cm³/mol. The van der Waals surface area contributed by atoms with Crippen molar-refractivity contribution in [3.8, 4) is 0 Å². The van der Waals surface area contributed by atoms with Crippen molar-refractivity contribution in [1.29, 1.82) is 0 Å². The van der Waals surface area contributed by atoms with Crippen LogP contribution in [0.25, 0.3) is 0 Å². The third-order valence-corrected chi connectivity index (χ3v) is 4.77. The van der Waals surface area contributed by atoms with Crippen LogP contribution >= 0.6 is 0 Å². The van der Waals surface area contributed by atoms with E-state index >= 15 is 0 Å². The molecule has 1 saturated carbocycles. The predicted octanol–water partition coefficient (Wildman–Crippen LogP) is 1.07. The summed E-state index contributed by atoms with van der Waals surface area (Å²) in [6.07, 6.45) is 4.50. The molecule has 0 radical (unpaired) electrons. The zero-order valence-corrected chi connectivity index (χ0v) is 11.5. The number of carbonyl (C=O) groups is 2. The fourth-order valence-electron chi connectivity index (χ4n) is 3.45. The monoisotopic (exact) mass is 268 g/mol. The van der Waals surface area contributed by atoms with Gasteiger partial charge < -0.3 is 15.7 Å². The summed E-state index contributed by atoms with van der Waals surface area (Å²) in [5.41, 5.74) is 5.65. The van der Waals surface area contributed by atoms with Crippen molar-refractivity contribution in [1.82, 2.24) is 4.90 Å². The standard InChI is InChI=1S/C14H24N2O3/c1-9-6-7-16(12(9)14(18)19)13(17)11-4-2-10(8-15)3-5-11/h9-12H,2-8,15H2,1H3,(H,18,19). The molecule has 0 spiro atoms. The maximum atomic E-state index is 12.5. The van der Waals surface area contributed by atoms with Gasteiger partial charge in [0.05, 0.1) is 0 Å². The second kappa shape index (κ2) is 5.90. The highest BCUT2D eigenvalue weighted by Gasteiger charge is 2.41. The van der Waals surface area contributed by atoms with E-state index in [-0.39, 0.29) is 17.7 Å². The third kappa shape index (κ3) is 2.91. The average molecular weight is 268 g/mol. The molecule has 3 N–H and O–H groups in total. The molecule has 0 aromatic heterocycles. The van der Waals surface area contributed by atoms with E-state index in [9.17, 15) is 14.7 Å². The second-order valence-corrected chi connectivity index (χ2v) is 6.03. The number of rotatable bonds is 3. The van der Waals surface area contributed by atoms with Crippen LogP contribution in [0.2, 0.25) is 0 Å². The molecule has 1 aliphatic carbocycles. The number of hydrogen-bond donors (Lipinski definition) is 2. The Hall–Kier alpha value is -1.10. The third-order valence-electron chi connectivity index (χ3n) is 4.77. The lowest BCUT2D eigenvalue weighted by molar-refractivity contribution is -0.151. The summed E-state index contributed by atoms with van der Waals surface area (Å²) in [5.74, 6) is -0.213. The van der Waals surface area contributed by atoms with Gasteiger partial charge in [-0.3, -0.25) is 4.79 Å². The van der Waals surface area contributed by atoms with Crippen molar-refractivity contribution in [2.45, 2.75) is 45.1 Å². The van der Waals surface area contributed by atoms with Gasteiger partial charge in [-0.15, -0.1) is 0 Å². The lowest BCUT2D eigenvalue weighted by Gasteiger charge is -2.32. The van der Waals surface area contributed by atoms with Gasteiger partial charge in [-0.1, -0.05) is 6.92 Å². The SMILES string of the molecule is CC1CCN(C(=O)C2CCC(CN)CC2)C1C(=O)O. The van der Waals surface area contributed by atoms with Gasteiger partial charge in [0.25, 0.3) is 0 Å².